The number of piperidine rings is 1. The van der Waals surface area contributed by atoms with Crippen LogP contribution in [0.3, 0.4) is 0 Å². The van der Waals surface area contributed by atoms with E-state index >= 15 is 0 Å². The van der Waals surface area contributed by atoms with Crippen molar-refractivity contribution in [2.75, 3.05) is 13.1 Å². The standard InChI is InChI=1S/C21H21FN2O3/c22-19-6-1-17(2-7-19)15-23-13-11-16(12-14-23)3-10-21(25)18-4-8-20(9-5-18)24(26)27/h1-10,16H,11-15H2/b10-3+. The van der Waals surface area contributed by atoms with Crippen LogP contribution in [-0.4, -0.2) is 28.7 Å². The fourth-order valence-corrected chi connectivity index (χ4v) is 3.22. The van der Waals surface area contributed by atoms with Crippen LogP contribution in [0.25, 0.3) is 0 Å². The van der Waals surface area contributed by atoms with Gasteiger partial charge in [0.2, 0.25) is 0 Å². The van der Waals surface area contributed by atoms with Crippen LogP contribution in [0.15, 0.2) is 60.7 Å². The van der Waals surface area contributed by atoms with Gasteiger partial charge in [-0.3, -0.25) is 19.8 Å². The summed E-state index contributed by atoms with van der Waals surface area (Å²) in [5.41, 5.74) is 1.52. The lowest BCUT2D eigenvalue weighted by molar-refractivity contribution is -0.384. The van der Waals surface area contributed by atoms with Gasteiger partial charge in [0.25, 0.3) is 5.69 Å². The number of hydrogen-bond acceptors (Lipinski definition) is 4. The van der Waals surface area contributed by atoms with E-state index in [0.717, 1.165) is 38.0 Å². The summed E-state index contributed by atoms with van der Waals surface area (Å²) in [5, 5.41) is 10.7. The highest BCUT2D eigenvalue weighted by atomic mass is 19.1. The summed E-state index contributed by atoms with van der Waals surface area (Å²) in [5.74, 6) is -0.0182. The number of hydrogen-bond donors (Lipinski definition) is 0. The number of halogens is 1. The van der Waals surface area contributed by atoms with Gasteiger partial charge in [-0.25, -0.2) is 4.39 Å². The number of nitro groups is 1. The third kappa shape index (κ3) is 5.31. The SMILES string of the molecule is O=C(/C=C/C1CCN(Cc2ccc(F)cc2)CC1)c1ccc([N+](=O)[O-])cc1. The molecule has 0 bridgehead atoms. The molecule has 1 heterocycles. The quantitative estimate of drug-likeness (QED) is 0.328. The molecular formula is C21H21FN2O3. The van der Waals surface area contributed by atoms with Crippen LogP contribution < -0.4 is 0 Å². The molecule has 27 heavy (non-hydrogen) atoms. The molecule has 0 aromatic heterocycles. The lowest BCUT2D eigenvalue weighted by Gasteiger charge is -2.30. The van der Waals surface area contributed by atoms with Gasteiger partial charge in [-0.2, -0.15) is 0 Å². The first kappa shape index (κ1) is 18.9. The maximum atomic E-state index is 13.0. The number of rotatable bonds is 6. The summed E-state index contributed by atoms with van der Waals surface area (Å²) in [6.07, 6.45) is 5.44. The van der Waals surface area contributed by atoms with Gasteiger partial charge in [-0.05, 0) is 67.8 Å². The molecule has 0 radical (unpaired) electrons. The van der Waals surface area contributed by atoms with Crippen LogP contribution in [0.4, 0.5) is 10.1 Å². The molecule has 3 rings (SSSR count). The summed E-state index contributed by atoms with van der Waals surface area (Å²) < 4.78 is 13.0. The van der Waals surface area contributed by atoms with Crippen molar-refractivity contribution in [3.8, 4) is 0 Å². The lowest BCUT2D eigenvalue weighted by atomic mass is 9.95. The molecule has 140 valence electrons. The van der Waals surface area contributed by atoms with E-state index in [1.165, 1.54) is 36.4 Å². The predicted molar refractivity (Wildman–Crippen MR) is 101 cm³/mol. The molecule has 2 aromatic rings. The van der Waals surface area contributed by atoms with Gasteiger partial charge < -0.3 is 0 Å². The zero-order valence-electron chi connectivity index (χ0n) is 14.9. The topological polar surface area (TPSA) is 63.5 Å². The third-order valence-corrected chi connectivity index (χ3v) is 4.83. The smallest absolute Gasteiger partial charge is 0.269 e. The van der Waals surface area contributed by atoms with Crippen LogP contribution in [0, 0.1) is 21.8 Å². The van der Waals surface area contributed by atoms with Crippen LogP contribution in [0.5, 0.6) is 0 Å². The molecule has 0 saturated carbocycles. The Hall–Kier alpha value is -2.86. The second-order valence-electron chi connectivity index (χ2n) is 6.77. The van der Waals surface area contributed by atoms with Gasteiger partial charge in [0.1, 0.15) is 5.82 Å². The van der Waals surface area contributed by atoms with Crippen molar-refractivity contribution >= 4 is 11.5 Å². The highest BCUT2D eigenvalue weighted by Crippen LogP contribution is 2.21. The Morgan fingerprint density at radius 2 is 1.74 bits per heavy atom. The molecule has 1 saturated heterocycles. The summed E-state index contributed by atoms with van der Waals surface area (Å²) in [6, 6.07) is 12.2. The number of benzene rings is 2. The Balaban J connectivity index is 1.48. The van der Waals surface area contributed by atoms with Crippen molar-refractivity contribution in [1.82, 2.24) is 4.90 Å². The number of nitrogens with zero attached hydrogens (tertiary/aromatic N) is 2. The Bertz CT molecular complexity index is 824. The summed E-state index contributed by atoms with van der Waals surface area (Å²) in [6.45, 7) is 2.66. The van der Waals surface area contributed by atoms with E-state index in [2.05, 4.69) is 4.90 Å². The third-order valence-electron chi connectivity index (χ3n) is 4.83. The van der Waals surface area contributed by atoms with Crippen LogP contribution in [0.2, 0.25) is 0 Å². The fourth-order valence-electron chi connectivity index (χ4n) is 3.22. The van der Waals surface area contributed by atoms with E-state index in [0.29, 0.717) is 11.5 Å². The molecule has 2 aromatic carbocycles. The monoisotopic (exact) mass is 368 g/mol. The minimum atomic E-state index is -0.482. The first-order chi connectivity index (χ1) is 13.0. The number of carbonyl (C=O) groups excluding carboxylic acids is 1. The van der Waals surface area contributed by atoms with Crippen LogP contribution in [-0.2, 0) is 6.54 Å². The number of ketones is 1. The zero-order valence-corrected chi connectivity index (χ0v) is 14.9. The molecule has 5 nitrogen and oxygen atoms in total. The highest BCUT2D eigenvalue weighted by molar-refractivity contribution is 6.04. The predicted octanol–water partition coefficient (Wildman–Crippen LogP) is 4.39. The van der Waals surface area contributed by atoms with Gasteiger partial charge in [-0.1, -0.05) is 18.2 Å². The van der Waals surface area contributed by atoms with E-state index in [-0.39, 0.29) is 17.3 Å². The van der Waals surface area contributed by atoms with Gasteiger partial charge in [-0.15, -0.1) is 0 Å². The average molecular weight is 368 g/mol. The molecule has 1 fully saturated rings. The molecule has 1 aliphatic rings. The fraction of sp³-hybridized carbons (Fsp3) is 0.286. The second kappa shape index (κ2) is 8.68. The van der Waals surface area contributed by atoms with Crippen LogP contribution in [0.1, 0.15) is 28.8 Å². The molecule has 0 atom stereocenters. The average Bonchev–Trinajstić information content (AvgIpc) is 2.69. The number of nitro benzene ring substituents is 1. The molecule has 0 aliphatic carbocycles. The minimum Gasteiger partial charge on any atom is -0.299 e. The Kier molecular flexibility index (Phi) is 6.08. The number of allylic oxidation sites excluding steroid dienone is 2. The minimum absolute atomic E-state index is 0.0240. The van der Waals surface area contributed by atoms with Crippen molar-refractivity contribution < 1.29 is 14.1 Å². The number of carbonyl (C=O) groups is 1. The van der Waals surface area contributed by atoms with Gasteiger partial charge >= 0.3 is 0 Å². The van der Waals surface area contributed by atoms with Gasteiger partial charge in [0.05, 0.1) is 4.92 Å². The largest absolute Gasteiger partial charge is 0.299 e. The molecular weight excluding hydrogens is 347 g/mol. The van der Waals surface area contributed by atoms with Gasteiger partial charge in [0.15, 0.2) is 5.78 Å². The van der Waals surface area contributed by atoms with Gasteiger partial charge in [0, 0.05) is 24.2 Å². The number of non-ortho nitro benzene ring substituents is 1. The highest BCUT2D eigenvalue weighted by Gasteiger charge is 2.17. The lowest BCUT2D eigenvalue weighted by Crippen LogP contribution is -2.32. The van der Waals surface area contributed by atoms with Crippen LogP contribution >= 0.6 is 0 Å². The van der Waals surface area contributed by atoms with E-state index in [1.54, 1.807) is 6.08 Å². The maximum absolute atomic E-state index is 13.0. The Labute approximate surface area is 157 Å². The maximum Gasteiger partial charge on any atom is 0.269 e. The van der Waals surface area contributed by atoms with E-state index in [4.69, 9.17) is 0 Å². The summed E-state index contributed by atoms with van der Waals surface area (Å²) in [7, 11) is 0. The second-order valence-corrected chi connectivity index (χ2v) is 6.77. The van der Waals surface area contributed by atoms with E-state index in [1.807, 2.05) is 18.2 Å². The van der Waals surface area contributed by atoms with Crippen molar-refractivity contribution in [3.63, 3.8) is 0 Å². The molecule has 6 heteroatoms. The van der Waals surface area contributed by atoms with E-state index < -0.39 is 4.92 Å². The first-order valence-corrected chi connectivity index (χ1v) is 8.95. The molecule has 0 amide bonds. The summed E-state index contributed by atoms with van der Waals surface area (Å²) >= 11 is 0. The molecule has 0 unspecified atom stereocenters. The Morgan fingerprint density at radius 3 is 2.33 bits per heavy atom. The zero-order chi connectivity index (χ0) is 19.2. The van der Waals surface area contributed by atoms with Crippen molar-refractivity contribution in [2.45, 2.75) is 19.4 Å². The normalized spacial score (nSPS) is 15.9. The number of likely N-dealkylation sites (tertiary alicyclic amines) is 1. The first-order valence-electron chi connectivity index (χ1n) is 8.95. The molecule has 0 spiro atoms. The summed E-state index contributed by atoms with van der Waals surface area (Å²) in [4.78, 5) is 24.7. The molecule has 1 aliphatic heterocycles. The van der Waals surface area contributed by atoms with Crippen molar-refractivity contribution in [2.24, 2.45) is 5.92 Å². The van der Waals surface area contributed by atoms with E-state index in [9.17, 15) is 19.3 Å². The Morgan fingerprint density at radius 1 is 1.11 bits per heavy atom. The van der Waals surface area contributed by atoms with Crippen molar-refractivity contribution in [1.29, 1.82) is 0 Å². The van der Waals surface area contributed by atoms with Crippen molar-refractivity contribution in [3.05, 3.63) is 87.7 Å². The molecule has 0 N–H and O–H groups in total.